The fourth-order valence-corrected chi connectivity index (χ4v) is 2.45. The summed E-state index contributed by atoms with van der Waals surface area (Å²) in [6.45, 7) is 1.85. The molecular weight excluding hydrogens is 316 g/mol. The summed E-state index contributed by atoms with van der Waals surface area (Å²) >= 11 is 3.22. The Bertz CT molecular complexity index is 573. The number of likely N-dealkylation sites (tertiary alicyclic amines) is 1. The molecule has 1 heterocycles. The predicted molar refractivity (Wildman–Crippen MR) is 70.1 cm³/mol. The summed E-state index contributed by atoms with van der Waals surface area (Å²) in [4.78, 5) is 34.8. The van der Waals surface area contributed by atoms with E-state index in [-0.39, 0.29) is 36.4 Å². The second kappa shape index (κ2) is 5.08. The van der Waals surface area contributed by atoms with E-state index in [1.165, 1.54) is 17.0 Å². The number of hydrogen-bond acceptors (Lipinski definition) is 4. The standard InChI is InChI=1S/C12H11BrN2O4/c1-7-4-11(16)14(12(7)17)6-8-2-3-9(15(18)19)5-10(8)13/h2-3,5,7H,4,6H2,1H3/t7-/m0/s1. The fourth-order valence-electron chi connectivity index (χ4n) is 1.96. The molecule has 0 bridgehead atoms. The van der Waals surface area contributed by atoms with Crippen molar-refractivity contribution >= 4 is 33.4 Å². The van der Waals surface area contributed by atoms with Gasteiger partial charge in [-0.2, -0.15) is 0 Å². The molecule has 0 saturated carbocycles. The van der Waals surface area contributed by atoms with E-state index in [0.717, 1.165) is 0 Å². The molecule has 2 rings (SSSR count). The molecule has 1 aromatic rings. The van der Waals surface area contributed by atoms with Gasteiger partial charge in [-0.15, -0.1) is 0 Å². The molecule has 0 unspecified atom stereocenters. The lowest BCUT2D eigenvalue weighted by molar-refractivity contribution is -0.384. The average Bonchev–Trinajstić information content (AvgIpc) is 2.58. The van der Waals surface area contributed by atoms with Crippen molar-refractivity contribution in [2.45, 2.75) is 19.9 Å². The Balaban J connectivity index is 2.22. The molecule has 1 fully saturated rings. The van der Waals surface area contributed by atoms with Crippen LogP contribution < -0.4 is 0 Å². The molecule has 1 aliphatic heterocycles. The number of halogens is 1. The molecule has 2 amide bonds. The van der Waals surface area contributed by atoms with E-state index in [2.05, 4.69) is 15.9 Å². The van der Waals surface area contributed by atoms with Crippen LogP contribution in [0.3, 0.4) is 0 Å². The van der Waals surface area contributed by atoms with Crippen LogP contribution in [0.5, 0.6) is 0 Å². The van der Waals surface area contributed by atoms with Crippen molar-refractivity contribution in [3.63, 3.8) is 0 Å². The Morgan fingerprint density at radius 1 is 1.47 bits per heavy atom. The summed E-state index contributed by atoms with van der Waals surface area (Å²) in [7, 11) is 0. The zero-order valence-corrected chi connectivity index (χ0v) is 11.7. The topological polar surface area (TPSA) is 80.5 Å². The number of benzene rings is 1. The quantitative estimate of drug-likeness (QED) is 0.484. The number of carbonyl (C=O) groups excluding carboxylic acids is 2. The Morgan fingerprint density at radius 3 is 2.63 bits per heavy atom. The molecule has 1 atom stereocenters. The normalized spacial score (nSPS) is 19.1. The third-order valence-corrected chi connectivity index (χ3v) is 3.78. The van der Waals surface area contributed by atoms with Gasteiger partial charge in [0.2, 0.25) is 11.8 Å². The second-order valence-electron chi connectivity index (χ2n) is 4.46. The van der Waals surface area contributed by atoms with E-state index in [1.54, 1.807) is 13.0 Å². The van der Waals surface area contributed by atoms with Crippen LogP contribution in [0.15, 0.2) is 22.7 Å². The van der Waals surface area contributed by atoms with Crippen molar-refractivity contribution in [3.8, 4) is 0 Å². The number of carbonyl (C=O) groups is 2. The van der Waals surface area contributed by atoms with E-state index >= 15 is 0 Å². The van der Waals surface area contributed by atoms with Crippen molar-refractivity contribution in [2.75, 3.05) is 0 Å². The highest BCUT2D eigenvalue weighted by Gasteiger charge is 2.35. The molecule has 1 aromatic carbocycles. The van der Waals surface area contributed by atoms with Crippen LogP contribution in [0, 0.1) is 16.0 Å². The largest absolute Gasteiger partial charge is 0.278 e. The lowest BCUT2D eigenvalue weighted by Crippen LogP contribution is -2.29. The molecule has 7 heteroatoms. The third-order valence-electron chi connectivity index (χ3n) is 3.05. The average molecular weight is 327 g/mol. The van der Waals surface area contributed by atoms with Crippen LogP contribution in [0.1, 0.15) is 18.9 Å². The van der Waals surface area contributed by atoms with E-state index in [1.807, 2.05) is 0 Å². The van der Waals surface area contributed by atoms with Crippen molar-refractivity contribution < 1.29 is 14.5 Å². The summed E-state index contributed by atoms with van der Waals surface area (Å²) in [6, 6.07) is 4.27. The molecule has 1 aliphatic rings. The number of imide groups is 1. The summed E-state index contributed by atoms with van der Waals surface area (Å²) in [6.07, 6.45) is 0.226. The van der Waals surface area contributed by atoms with Crippen molar-refractivity contribution in [1.82, 2.24) is 4.90 Å². The number of nitro groups is 1. The highest BCUT2D eigenvalue weighted by Crippen LogP contribution is 2.27. The monoisotopic (exact) mass is 326 g/mol. The Hall–Kier alpha value is -1.76. The Kier molecular flexibility index (Phi) is 3.66. The molecule has 6 nitrogen and oxygen atoms in total. The van der Waals surface area contributed by atoms with Gasteiger partial charge in [-0.05, 0) is 11.6 Å². The number of nitrogens with zero attached hydrogens (tertiary/aromatic N) is 2. The van der Waals surface area contributed by atoms with Gasteiger partial charge in [-0.1, -0.05) is 22.9 Å². The highest BCUT2D eigenvalue weighted by molar-refractivity contribution is 9.10. The SMILES string of the molecule is C[C@H]1CC(=O)N(Cc2ccc([N+](=O)[O-])cc2Br)C1=O. The van der Waals surface area contributed by atoms with Gasteiger partial charge in [0, 0.05) is 28.9 Å². The van der Waals surface area contributed by atoms with Gasteiger partial charge in [0.25, 0.3) is 5.69 Å². The van der Waals surface area contributed by atoms with Gasteiger partial charge < -0.3 is 0 Å². The first-order valence-electron chi connectivity index (χ1n) is 5.67. The minimum atomic E-state index is -0.497. The summed E-state index contributed by atoms with van der Waals surface area (Å²) < 4.78 is 0.516. The molecule has 0 aromatic heterocycles. The van der Waals surface area contributed by atoms with Gasteiger partial charge in [0.05, 0.1) is 11.5 Å². The third kappa shape index (κ3) is 2.65. The minimum Gasteiger partial charge on any atom is -0.278 e. The molecule has 0 spiro atoms. The number of nitro benzene ring substituents is 1. The first-order valence-corrected chi connectivity index (χ1v) is 6.46. The molecule has 0 aliphatic carbocycles. The van der Waals surface area contributed by atoms with Gasteiger partial charge >= 0.3 is 0 Å². The number of non-ortho nitro benzene ring substituents is 1. The first kappa shape index (κ1) is 13.7. The molecule has 100 valence electrons. The molecule has 0 N–H and O–H groups in total. The molecular formula is C12H11BrN2O4. The lowest BCUT2D eigenvalue weighted by Gasteiger charge is -2.15. The summed E-state index contributed by atoms with van der Waals surface area (Å²) in [5, 5.41) is 10.6. The fraction of sp³-hybridized carbons (Fsp3) is 0.333. The van der Waals surface area contributed by atoms with Crippen LogP contribution >= 0.6 is 15.9 Å². The van der Waals surface area contributed by atoms with Crippen molar-refractivity contribution in [2.24, 2.45) is 5.92 Å². The molecule has 19 heavy (non-hydrogen) atoms. The maximum absolute atomic E-state index is 11.8. The Morgan fingerprint density at radius 2 is 2.16 bits per heavy atom. The van der Waals surface area contributed by atoms with Crippen LogP contribution in [-0.2, 0) is 16.1 Å². The van der Waals surface area contributed by atoms with Gasteiger partial charge in [0.15, 0.2) is 0 Å². The highest BCUT2D eigenvalue weighted by atomic mass is 79.9. The predicted octanol–water partition coefficient (Wildman–Crippen LogP) is 2.25. The Labute approximate surface area is 117 Å². The minimum absolute atomic E-state index is 0.0388. The molecule has 1 saturated heterocycles. The van der Waals surface area contributed by atoms with Crippen molar-refractivity contribution in [1.29, 1.82) is 0 Å². The van der Waals surface area contributed by atoms with Crippen LogP contribution in [0.2, 0.25) is 0 Å². The lowest BCUT2D eigenvalue weighted by atomic mass is 10.1. The number of hydrogen-bond donors (Lipinski definition) is 0. The summed E-state index contributed by atoms with van der Waals surface area (Å²) in [5.41, 5.74) is 0.629. The van der Waals surface area contributed by atoms with Gasteiger partial charge in [-0.25, -0.2) is 0 Å². The number of amides is 2. The zero-order valence-electron chi connectivity index (χ0n) is 10.1. The van der Waals surface area contributed by atoms with Crippen LogP contribution in [-0.4, -0.2) is 21.6 Å². The summed E-state index contributed by atoms with van der Waals surface area (Å²) in [5.74, 6) is -0.692. The second-order valence-corrected chi connectivity index (χ2v) is 5.31. The first-order chi connectivity index (χ1) is 8.90. The van der Waals surface area contributed by atoms with E-state index < -0.39 is 4.92 Å². The van der Waals surface area contributed by atoms with Crippen LogP contribution in [0.25, 0.3) is 0 Å². The van der Waals surface area contributed by atoms with E-state index in [4.69, 9.17) is 0 Å². The number of rotatable bonds is 3. The van der Waals surface area contributed by atoms with Gasteiger partial charge in [-0.3, -0.25) is 24.6 Å². The van der Waals surface area contributed by atoms with Gasteiger partial charge in [0.1, 0.15) is 0 Å². The molecule has 0 radical (unpaired) electrons. The van der Waals surface area contributed by atoms with E-state index in [0.29, 0.717) is 10.0 Å². The zero-order chi connectivity index (χ0) is 14.2. The maximum atomic E-state index is 11.8. The van der Waals surface area contributed by atoms with Crippen molar-refractivity contribution in [3.05, 3.63) is 38.3 Å². The smallest absolute Gasteiger partial charge is 0.270 e. The maximum Gasteiger partial charge on any atom is 0.270 e. The van der Waals surface area contributed by atoms with E-state index in [9.17, 15) is 19.7 Å². The van der Waals surface area contributed by atoms with Crippen LogP contribution in [0.4, 0.5) is 5.69 Å².